The van der Waals surface area contributed by atoms with Crippen molar-refractivity contribution in [2.45, 2.75) is 56.7 Å². The second kappa shape index (κ2) is 6.20. The zero-order valence-electron chi connectivity index (χ0n) is 12.1. The zero-order valence-corrected chi connectivity index (χ0v) is 12.1. The third-order valence-electron chi connectivity index (χ3n) is 4.39. The Kier molecular flexibility index (Phi) is 4.81. The number of carbonyl (C=O) groups excluding carboxylic acids is 1. The van der Waals surface area contributed by atoms with E-state index in [-0.39, 0.29) is 5.97 Å². The molecule has 1 aliphatic heterocycles. The minimum absolute atomic E-state index is 0.326. The Morgan fingerprint density at radius 3 is 3.05 bits per heavy atom. The van der Waals surface area contributed by atoms with Crippen LogP contribution in [-0.2, 0) is 14.3 Å². The van der Waals surface area contributed by atoms with Crippen molar-refractivity contribution < 1.29 is 14.3 Å². The van der Waals surface area contributed by atoms with Gasteiger partial charge in [-0.2, -0.15) is 0 Å². The average Bonchev–Trinajstić information content (AvgIpc) is 2.86. The fraction of sp³-hybridized carbons (Fsp3) is 0.929. The summed E-state index contributed by atoms with van der Waals surface area (Å²) in [5.41, 5.74) is 5.11. The summed E-state index contributed by atoms with van der Waals surface area (Å²) in [6.07, 6.45) is 5.71. The van der Waals surface area contributed by atoms with Crippen molar-refractivity contribution in [3.63, 3.8) is 0 Å². The highest BCUT2D eigenvalue weighted by atomic mass is 16.5. The molecule has 5 nitrogen and oxygen atoms in total. The van der Waals surface area contributed by atoms with Crippen molar-refractivity contribution in [1.82, 2.24) is 4.90 Å². The lowest BCUT2D eigenvalue weighted by molar-refractivity contribution is -0.146. The van der Waals surface area contributed by atoms with Crippen LogP contribution in [0.2, 0.25) is 0 Å². The molecule has 0 bridgehead atoms. The number of nitrogens with two attached hydrogens (primary N) is 1. The topological polar surface area (TPSA) is 64.8 Å². The first-order valence-electron chi connectivity index (χ1n) is 7.27. The van der Waals surface area contributed by atoms with E-state index in [4.69, 9.17) is 15.2 Å². The maximum atomic E-state index is 11.5. The second-order valence-corrected chi connectivity index (χ2v) is 5.96. The number of morpholine rings is 1. The van der Waals surface area contributed by atoms with Gasteiger partial charge < -0.3 is 15.2 Å². The monoisotopic (exact) mass is 270 g/mol. The van der Waals surface area contributed by atoms with Crippen molar-refractivity contribution in [3.05, 3.63) is 0 Å². The first-order chi connectivity index (χ1) is 9.04. The number of esters is 1. The highest BCUT2D eigenvalue weighted by Gasteiger charge is 2.36. The molecule has 5 heteroatoms. The summed E-state index contributed by atoms with van der Waals surface area (Å²) < 4.78 is 10.5. The standard InChI is InChI=1S/C14H26N2O3/c1-14(15,13(17)18-2)7-4-8-16-9-10-19-12-6-3-5-11(12)16/h11-12H,3-10,15H2,1-2H3. The number of hydrogen-bond donors (Lipinski definition) is 1. The van der Waals surface area contributed by atoms with E-state index in [2.05, 4.69) is 4.90 Å². The molecule has 2 N–H and O–H groups in total. The van der Waals surface area contributed by atoms with Crippen molar-refractivity contribution in [2.75, 3.05) is 26.8 Å². The fourth-order valence-corrected chi connectivity index (χ4v) is 3.27. The summed E-state index contributed by atoms with van der Waals surface area (Å²) in [5, 5.41) is 0. The lowest BCUT2D eigenvalue weighted by Gasteiger charge is -2.38. The van der Waals surface area contributed by atoms with Gasteiger partial charge in [-0.25, -0.2) is 0 Å². The molecule has 3 atom stereocenters. The van der Waals surface area contributed by atoms with Crippen molar-refractivity contribution in [3.8, 4) is 0 Å². The molecule has 1 heterocycles. The van der Waals surface area contributed by atoms with Gasteiger partial charge >= 0.3 is 5.97 Å². The Morgan fingerprint density at radius 1 is 1.53 bits per heavy atom. The van der Waals surface area contributed by atoms with Crippen LogP contribution in [0.1, 0.15) is 39.0 Å². The van der Waals surface area contributed by atoms with Gasteiger partial charge in [0.1, 0.15) is 5.54 Å². The lowest BCUT2D eigenvalue weighted by Crippen LogP contribution is -2.50. The average molecular weight is 270 g/mol. The molecular formula is C14H26N2O3. The lowest BCUT2D eigenvalue weighted by atomic mass is 9.97. The van der Waals surface area contributed by atoms with E-state index < -0.39 is 5.54 Å². The largest absolute Gasteiger partial charge is 0.468 e. The van der Waals surface area contributed by atoms with E-state index in [1.165, 1.54) is 26.4 Å². The molecule has 110 valence electrons. The van der Waals surface area contributed by atoms with Crippen LogP contribution in [-0.4, -0.2) is 55.4 Å². The Balaban J connectivity index is 1.77. The summed E-state index contributed by atoms with van der Waals surface area (Å²) in [7, 11) is 1.39. The minimum Gasteiger partial charge on any atom is -0.468 e. The molecule has 0 radical (unpaired) electrons. The van der Waals surface area contributed by atoms with Gasteiger partial charge in [0.25, 0.3) is 0 Å². The minimum atomic E-state index is -0.865. The second-order valence-electron chi connectivity index (χ2n) is 5.96. The first kappa shape index (κ1) is 14.8. The molecule has 0 aromatic carbocycles. The van der Waals surface area contributed by atoms with Crippen molar-refractivity contribution >= 4 is 5.97 Å². The van der Waals surface area contributed by atoms with E-state index in [0.29, 0.717) is 18.6 Å². The number of methoxy groups -OCH3 is 1. The van der Waals surface area contributed by atoms with Gasteiger partial charge in [0.2, 0.25) is 0 Å². The Labute approximate surface area is 115 Å². The van der Waals surface area contributed by atoms with Gasteiger partial charge in [-0.1, -0.05) is 0 Å². The first-order valence-corrected chi connectivity index (χ1v) is 7.27. The third kappa shape index (κ3) is 3.46. The number of nitrogens with zero attached hydrogens (tertiary/aromatic N) is 1. The van der Waals surface area contributed by atoms with Crippen LogP contribution >= 0.6 is 0 Å². The van der Waals surface area contributed by atoms with Crippen LogP contribution in [0.25, 0.3) is 0 Å². The molecule has 0 amide bonds. The maximum Gasteiger partial charge on any atom is 0.325 e. The Hall–Kier alpha value is -0.650. The number of hydrogen-bond acceptors (Lipinski definition) is 5. The SMILES string of the molecule is COC(=O)C(C)(N)CCCN1CCOC2CCCC21. The van der Waals surface area contributed by atoms with Gasteiger partial charge in [-0.15, -0.1) is 0 Å². The Bertz CT molecular complexity index is 320. The van der Waals surface area contributed by atoms with Crippen molar-refractivity contribution in [1.29, 1.82) is 0 Å². The molecule has 2 aliphatic rings. The van der Waals surface area contributed by atoms with E-state index in [1.54, 1.807) is 6.92 Å². The molecule has 1 saturated carbocycles. The predicted molar refractivity (Wildman–Crippen MR) is 72.8 cm³/mol. The Morgan fingerprint density at radius 2 is 2.32 bits per heavy atom. The van der Waals surface area contributed by atoms with Crippen LogP contribution < -0.4 is 5.73 Å². The van der Waals surface area contributed by atoms with E-state index in [9.17, 15) is 4.79 Å². The predicted octanol–water partition coefficient (Wildman–Crippen LogP) is 0.910. The molecule has 19 heavy (non-hydrogen) atoms. The highest BCUT2D eigenvalue weighted by Crippen LogP contribution is 2.29. The zero-order chi connectivity index (χ0) is 13.9. The van der Waals surface area contributed by atoms with Crippen LogP contribution in [0.5, 0.6) is 0 Å². The molecule has 1 saturated heterocycles. The quantitative estimate of drug-likeness (QED) is 0.752. The number of fused-ring (bicyclic) bond motifs is 1. The van der Waals surface area contributed by atoms with Crippen LogP contribution in [0.4, 0.5) is 0 Å². The molecule has 2 rings (SSSR count). The highest BCUT2D eigenvalue weighted by molar-refractivity contribution is 5.79. The van der Waals surface area contributed by atoms with Gasteiger partial charge in [0.05, 0.1) is 19.8 Å². The molecule has 0 aromatic heterocycles. The number of carbonyl (C=O) groups is 1. The van der Waals surface area contributed by atoms with Crippen LogP contribution in [0.15, 0.2) is 0 Å². The van der Waals surface area contributed by atoms with E-state index >= 15 is 0 Å². The van der Waals surface area contributed by atoms with Crippen LogP contribution in [0.3, 0.4) is 0 Å². The van der Waals surface area contributed by atoms with E-state index in [1.807, 2.05) is 0 Å². The summed E-state index contributed by atoms with van der Waals surface area (Å²) in [5.74, 6) is -0.326. The molecule has 0 spiro atoms. The smallest absolute Gasteiger partial charge is 0.325 e. The number of ether oxygens (including phenoxy) is 2. The van der Waals surface area contributed by atoms with Crippen molar-refractivity contribution in [2.24, 2.45) is 5.73 Å². The van der Waals surface area contributed by atoms with Gasteiger partial charge in [-0.3, -0.25) is 9.69 Å². The molecule has 3 unspecified atom stereocenters. The summed E-state index contributed by atoms with van der Waals surface area (Å²) in [6, 6.07) is 0.580. The van der Waals surface area contributed by atoms with Gasteiger partial charge in [0.15, 0.2) is 0 Å². The molecule has 0 aromatic rings. The molecule has 1 aliphatic carbocycles. The molecule has 2 fully saturated rings. The summed E-state index contributed by atoms with van der Waals surface area (Å²) in [4.78, 5) is 14.0. The number of rotatable bonds is 5. The van der Waals surface area contributed by atoms with Crippen LogP contribution in [0, 0.1) is 0 Å². The summed E-state index contributed by atoms with van der Waals surface area (Å²) in [6.45, 7) is 4.57. The fourth-order valence-electron chi connectivity index (χ4n) is 3.27. The third-order valence-corrected chi connectivity index (χ3v) is 4.39. The summed E-state index contributed by atoms with van der Waals surface area (Å²) >= 11 is 0. The molecular weight excluding hydrogens is 244 g/mol. The van der Waals surface area contributed by atoms with Gasteiger partial charge in [-0.05, 0) is 45.6 Å². The van der Waals surface area contributed by atoms with Gasteiger partial charge in [0, 0.05) is 12.6 Å². The van der Waals surface area contributed by atoms with E-state index in [0.717, 1.165) is 26.1 Å². The normalized spacial score (nSPS) is 30.7. The maximum absolute atomic E-state index is 11.5.